The van der Waals surface area contributed by atoms with Gasteiger partial charge in [-0.15, -0.1) is 0 Å². The van der Waals surface area contributed by atoms with E-state index in [0.29, 0.717) is 30.2 Å². The van der Waals surface area contributed by atoms with Crippen molar-refractivity contribution in [2.24, 2.45) is 0 Å². The van der Waals surface area contributed by atoms with Crippen LogP contribution in [-0.2, 0) is 24.0 Å². The first kappa shape index (κ1) is 54.0. The Morgan fingerprint density at radius 2 is 1.14 bits per heavy atom. The molecule has 1 aliphatic heterocycles. The maximum Gasteiger partial charge on any atom is 0.253 e. The molecule has 0 aliphatic carbocycles. The van der Waals surface area contributed by atoms with Crippen molar-refractivity contribution in [2.75, 3.05) is 36.2 Å². The van der Waals surface area contributed by atoms with Crippen LogP contribution in [0.3, 0.4) is 0 Å². The summed E-state index contributed by atoms with van der Waals surface area (Å²) in [5.74, 6) is 1.28. The predicted octanol–water partition coefficient (Wildman–Crippen LogP) is 9.58. The number of anilines is 1. The highest BCUT2D eigenvalue weighted by Crippen LogP contribution is 2.29. The average molecular weight is 861 g/mol. The Morgan fingerprint density at radius 3 is 1.55 bits per heavy atom. The first-order chi connectivity index (χ1) is 25.6. The minimum absolute atomic E-state index is 0. The molecule has 0 spiro atoms. The van der Waals surface area contributed by atoms with Crippen molar-refractivity contribution in [2.45, 2.75) is 64.5 Å². The Kier molecular flexibility index (Phi) is 31.9. The average Bonchev–Trinajstić information content (AvgIpc) is 3.52. The number of carbonyl (C=O) groups excluding carboxylic acids is 5. The van der Waals surface area contributed by atoms with Crippen LogP contribution in [0, 0.1) is 6.92 Å². The van der Waals surface area contributed by atoms with Crippen LogP contribution >= 0.6 is 54.9 Å². The van der Waals surface area contributed by atoms with E-state index in [1.54, 1.807) is 54.1 Å². The molecule has 4 heterocycles. The largest absolute Gasteiger partial charge is 0.358 e. The number of rotatable bonds is 14. The van der Waals surface area contributed by atoms with Gasteiger partial charge in [-0.1, -0.05) is 98.4 Å². The fourth-order valence-electron chi connectivity index (χ4n) is 3.41. The molecular formula is C40H56N6O5S5. The second-order valence-electron chi connectivity index (χ2n) is 10.2. The van der Waals surface area contributed by atoms with Crippen molar-refractivity contribution in [3.63, 3.8) is 0 Å². The van der Waals surface area contributed by atoms with Crippen LogP contribution in [0.15, 0.2) is 125 Å². The van der Waals surface area contributed by atoms with E-state index >= 15 is 0 Å². The first-order valence-electron chi connectivity index (χ1n) is 16.2. The second-order valence-corrected chi connectivity index (χ2v) is 15.8. The van der Waals surface area contributed by atoms with Crippen LogP contribution in [0.25, 0.3) is 0 Å². The summed E-state index contributed by atoms with van der Waals surface area (Å²) in [5.41, 5.74) is 2.01. The Bertz CT molecular complexity index is 1710. The van der Waals surface area contributed by atoms with Gasteiger partial charge in [0, 0.05) is 57.9 Å². The number of benzene rings is 1. The predicted molar refractivity (Wildman–Crippen MR) is 243 cm³/mol. The van der Waals surface area contributed by atoms with Gasteiger partial charge in [0.15, 0.2) is 0 Å². The van der Waals surface area contributed by atoms with E-state index < -0.39 is 0 Å². The summed E-state index contributed by atoms with van der Waals surface area (Å²) in [6.45, 7) is 6.13. The molecule has 0 bridgehead atoms. The van der Waals surface area contributed by atoms with Gasteiger partial charge in [0.05, 0.1) is 22.3 Å². The number of thioether (sulfide) groups is 1. The van der Waals surface area contributed by atoms with Crippen LogP contribution in [0.5, 0.6) is 0 Å². The Morgan fingerprint density at radius 1 is 0.661 bits per heavy atom. The maximum atomic E-state index is 11.7. The molecule has 1 aromatic carbocycles. The van der Waals surface area contributed by atoms with E-state index in [9.17, 15) is 24.0 Å². The zero-order valence-electron chi connectivity index (χ0n) is 29.8. The lowest BCUT2D eigenvalue weighted by atomic mass is 10.2. The smallest absolute Gasteiger partial charge is 0.253 e. The fraction of sp³-hybridized carbons (Fsp3) is 0.300. The number of aryl methyl sites for hydroxylation is 1. The normalized spacial score (nSPS) is 10.6. The minimum Gasteiger partial charge on any atom is -0.358 e. The molecular weight excluding hydrogens is 805 g/mol. The number of aromatic nitrogens is 3. The molecule has 0 radical (unpaired) electrons. The number of carbonyl (C=O) groups is 5. The third-order valence-electron chi connectivity index (χ3n) is 6.19. The standard InChI is InChI=1S/C14H14N2OS2.C9H11NOS2.C8H10N2OS.C6H7NO2.3CH4.H2/c1-11-5-7-12(8-6-11)16-13(17)10-18-19-14-4-2-3-9-15-14;1-2-8(11)7-12-13-9-5-3-4-6-10-9;1-9-7(11)6-12-8-4-2-3-5-10-8;1-2-7-5(8)3-4-6(7)9;;;;/h2-9H,10H2,1H3,(H,16,17);3-6H,2,7H2,1H3;2-5H,6H2,1H3,(H,9,11);3-4H,2H2,1H3;3*1H4;1H. The van der Waals surface area contributed by atoms with E-state index in [1.165, 1.54) is 56.0 Å². The lowest BCUT2D eigenvalue weighted by Gasteiger charge is -2.08. The Labute approximate surface area is 354 Å². The van der Waals surface area contributed by atoms with Crippen molar-refractivity contribution in [1.29, 1.82) is 0 Å². The molecule has 0 fully saturated rings. The number of Topliss-reactive ketones (excluding diaryl/α,β-unsaturated/α-hetero) is 1. The third-order valence-corrected chi connectivity index (χ3v) is 11.5. The molecule has 11 nitrogen and oxygen atoms in total. The summed E-state index contributed by atoms with van der Waals surface area (Å²) >= 11 is 1.43. The van der Waals surface area contributed by atoms with Crippen molar-refractivity contribution >= 4 is 90.0 Å². The van der Waals surface area contributed by atoms with Crippen LogP contribution < -0.4 is 10.6 Å². The maximum absolute atomic E-state index is 11.7. The molecule has 0 unspecified atom stereocenters. The number of likely N-dealkylation sites (N-methyl/N-ethyl adjacent to an activating group) is 1. The molecule has 2 N–H and O–H groups in total. The summed E-state index contributed by atoms with van der Waals surface area (Å²) in [4.78, 5) is 68.3. The highest BCUT2D eigenvalue weighted by molar-refractivity contribution is 8.77. The van der Waals surface area contributed by atoms with Crippen LogP contribution in [0.4, 0.5) is 5.69 Å². The van der Waals surface area contributed by atoms with E-state index in [-0.39, 0.29) is 53.1 Å². The van der Waals surface area contributed by atoms with Gasteiger partial charge in [-0.3, -0.25) is 28.9 Å². The molecule has 4 aromatic rings. The molecule has 16 heteroatoms. The Balaban J connectivity index is -0.000000689. The fourth-order valence-corrected chi connectivity index (χ4v) is 7.88. The molecule has 56 heavy (non-hydrogen) atoms. The van der Waals surface area contributed by atoms with E-state index in [0.717, 1.165) is 20.8 Å². The monoisotopic (exact) mass is 860 g/mol. The van der Waals surface area contributed by atoms with Gasteiger partial charge in [0.25, 0.3) is 11.8 Å². The first-order valence-corrected chi connectivity index (χ1v) is 21.8. The molecule has 306 valence electrons. The lowest BCUT2D eigenvalue weighted by Crippen LogP contribution is -2.29. The van der Waals surface area contributed by atoms with E-state index in [2.05, 4.69) is 25.6 Å². The number of nitrogens with one attached hydrogen (secondary N) is 2. The number of hydrogen-bond acceptors (Lipinski definition) is 13. The molecule has 1 aliphatic rings. The number of pyridine rings is 3. The SMILES string of the molecule is C.C.C.CCC(=O)CSSc1ccccn1.CCN1C(=O)C=CC1=O.CNC(=O)CSc1ccccn1.Cc1ccc(NC(=O)CSSc2ccccn2)cc1.[HH]. The van der Waals surface area contributed by atoms with E-state index in [4.69, 9.17) is 0 Å². The van der Waals surface area contributed by atoms with Crippen molar-refractivity contribution < 1.29 is 25.4 Å². The number of amides is 4. The highest BCUT2D eigenvalue weighted by Gasteiger charge is 2.20. The highest BCUT2D eigenvalue weighted by atomic mass is 33.1. The number of hydrogen-bond donors (Lipinski definition) is 2. The zero-order valence-corrected chi connectivity index (χ0v) is 33.9. The second kappa shape index (κ2) is 33.1. The number of nitrogens with zero attached hydrogens (tertiary/aromatic N) is 4. The molecule has 3 aromatic heterocycles. The van der Waals surface area contributed by atoms with Crippen LogP contribution in [0.1, 0.15) is 49.5 Å². The molecule has 0 saturated heterocycles. The van der Waals surface area contributed by atoms with Gasteiger partial charge >= 0.3 is 0 Å². The van der Waals surface area contributed by atoms with Gasteiger partial charge in [0.2, 0.25) is 11.8 Å². The summed E-state index contributed by atoms with van der Waals surface area (Å²) in [6.07, 6.45) is 8.40. The van der Waals surface area contributed by atoms with Gasteiger partial charge in [-0.25, -0.2) is 15.0 Å². The lowest BCUT2D eigenvalue weighted by molar-refractivity contribution is -0.136. The number of imide groups is 1. The Hall–Kier alpha value is -4.09. The molecule has 0 saturated carbocycles. The topological polar surface area (TPSA) is 151 Å². The number of ketones is 1. The zero-order chi connectivity index (χ0) is 38.7. The van der Waals surface area contributed by atoms with E-state index in [1.807, 2.05) is 92.7 Å². The van der Waals surface area contributed by atoms with Gasteiger partial charge in [-0.05, 0) is 84.0 Å². The van der Waals surface area contributed by atoms with Crippen LogP contribution in [-0.4, -0.2) is 80.1 Å². The minimum atomic E-state index is -0.206. The summed E-state index contributed by atoms with van der Waals surface area (Å²) in [6, 6.07) is 24.9. The summed E-state index contributed by atoms with van der Waals surface area (Å²) < 4.78 is 0. The molecule has 4 amide bonds. The van der Waals surface area contributed by atoms with Gasteiger partial charge in [-0.2, -0.15) is 0 Å². The van der Waals surface area contributed by atoms with Crippen LogP contribution in [0.2, 0.25) is 0 Å². The molecule has 5 rings (SSSR count). The van der Waals surface area contributed by atoms with Gasteiger partial charge < -0.3 is 10.6 Å². The summed E-state index contributed by atoms with van der Waals surface area (Å²) in [5, 5.41) is 8.15. The van der Waals surface area contributed by atoms with Crippen molar-refractivity contribution in [3.05, 3.63) is 115 Å². The third kappa shape index (κ3) is 24.4. The van der Waals surface area contributed by atoms with Crippen molar-refractivity contribution in [3.8, 4) is 0 Å². The van der Waals surface area contributed by atoms with Crippen molar-refractivity contribution in [1.82, 2.24) is 25.2 Å². The molecule has 0 atom stereocenters. The van der Waals surface area contributed by atoms with Gasteiger partial charge in [0.1, 0.15) is 15.8 Å². The quantitative estimate of drug-likeness (QED) is 0.0704. The summed E-state index contributed by atoms with van der Waals surface area (Å²) in [7, 11) is 7.70.